The number of carbonyl (C=O) groups is 1. The number of rotatable bonds is 6. The molecule has 4 rings (SSSR count). The zero-order valence-electron chi connectivity index (χ0n) is 17.9. The molecular weight excluding hydrogens is 396 g/mol. The molecule has 0 radical (unpaired) electrons. The number of anilines is 1. The summed E-state index contributed by atoms with van der Waals surface area (Å²) in [7, 11) is -3.87. The third kappa shape index (κ3) is 4.10. The molecule has 2 aromatic carbocycles. The lowest BCUT2D eigenvalue weighted by Crippen LogP contribution is -2.46. The summed E-state index contributed by atoms with van der Waals surface area (Å²) in [5.74, 6) is 1.02. The molecule has 2 bridgehead atoms. The van der Waals surface area contributed by atoms with Crippen molar-refractivity contribution in [2.75, 3.05) is 10.8 Å². The molecule has 0 spiro atoms. The molecule has 6 heteroatoms. The number of hydrogen-bond donors (Lipinski definition) is 1. The van der Waals surface area contributed by atoms with Gasteiger partial charge in [0.25, 0.3) is 10.0 Å². The highest BCUT2D eigenvalue weighted by Crippen LogP contribution is 2.44. The van der Waals surface area contributed by atoms with Crippen LogP contribution in [0, 0.1) is 32.6 Å². The number of aryl methyl sites for hydroxylation is 3. The van der Waals surface area contributed by atoms with Gasteiger partial charge in [-0.2, -0.15) is 0 Å². The van der Waals surface area contributed by atoms with Gasteiger partial charge in [-0.15, -0.1) is 0 Å². The second-order valence-electron chi connectivity index (χ2n) is 8.94. The Morgan fingerprint density at radius 2 is 1.73 bits per heavy atom. The average molecular weight is 427 g/mol. The summed E-state index contributed by atoms with van der Waals surface area (Å²) in [6.45, 7) is 5.64. The van der Waals surface area contributed by atoms with E-state index in [1.807, 2.05) is 32.9 Å². The highest BCUT2D eigenvalue weighted by molar-refractivity contribution is 7.92. The third-order valence-corrected chi connectivity index (χ3v) is 8.55. The van der Waals surface area contributed by atoms with Crippen LogP contribution in [0.5, 0.6) is 0 Å². The van der Waals surface area contributed by atoms with Crippen LogP contribution in [-0.2, 0) is 14.8 Å². The standard InChI is InChI=1S/C24H30N2O3S/c1-16-4-10-22(11-5-16)30(28,29)26(21-9-6-17(2)18(3)12-21)15-24(27)25-23-14-19-7-8-20(23)13-19/h4-6,9-12,19-20,23H,7-8,13-15H2,1-3H3,(H,25,27)/t19-,20-,23+/m1/s1. The Morgan fingerprint density at radius 1 is 1.00 bits per heavy atom. The van der Waals surface area contributed by atoms with E-state index in [9.17, 15) is 13.2 Å². The van der Waals surface area contributed by atoms with E-state index in [-0.39, 0.29) is 23.4 Å². The van der Waals surface area contributed by atoms with Gasteiger partial charge in [0.15, 0.2) is 0 Å². The highest BCUT2D eigenvalue weighted by atomic mass is 32.2. The van der Waals surface area contributed by atoms with Crippen LogP contribution in [0.15, 0.2) is 47.4 Å². The molecule has 0 saturated heterocycles. The maximum absolute atomic E-state index is 13.5. The summed E-state index contributed by atoms with van der Waals surface area (Å²) in [6.07, 6.45) is 4.63. The number of nitrogens with zero attached hydrogens (tertiary/aromatic N) is 1. The Hall–Kier alpha value is -2.34. The van der Waals surface area contributed by atoms with E-state index >= 15 is 0 Å². The average Bonchev–Trinajstić information content (AvgIpc) is 3.32. The van der Waals surface area contributed by atoms with Crippen molar-refractivity contribution in [3.05, 3.63) is 59.2 Å². The van der Waals surface area contributed by atoms with Gasteiger partial charge in [0.2, 0.25) is 5.91 Å². The van der Waals surface area contributed by atoms with Gasteiger partial charge in [0, 0.05) is 6.04 Å². The van der Waals surface area contributed by atoms with Crippen LogP contribution in [-0.4, -0.2) is 26.9 Å². The van der Waals surface area contributed by atoms with Crippen LogP contribution in [0.4, 0.5) is 5.69 Å². The summed E-state index contributed by atoms with van der Waals surface area (Å²) >= 11 is 0. The van der Waals surface area contributed by atoms with Crippen LogP contribution in [0.3, 0.4) is 0 Å². The van der Waals surface area contributed by atoms with E-state index in [4.69, 9.17) is 0 Å². The van der Waals surface area contributed by atoms with E-state index in [2.05, 4.69) is 5.32 Å². The number of carbonyl (C=O) groups excluding carboxylic acids is 1. The van der Waals surface area contributed by atoms with Crippen LogP contribution in [0.2, 0.25) is 0 Å². The molecule has 3 atom stereocenters. The molecule has 5 nitrogen and oxygen atoms in total. The van der Waals surface area contributed by atoms with Gasteiger partial charge in [-0.05, 0) is 87.3 Å². The zero-order valence-corrected chi connectivity index (χ0v) is 18.7. The van der Waals surface area contributed by atoms with E-state index in [0.717, 1.165) is 29.5 Å². The lowest BCUT2D eigenvalue weighted by atomic mass is 9.95. The minimum absolute atomic E-state index is 0.180. The predicted molar refractivity (Wildman–Crippen MR) is 119 cm³/mol. The molecule has 2 aromatic rings. The fraction of sp³-hybridized carbons (Fsp3) is 0.458. The predicted octanol–water partition coefficient (Wildman–Crippen LogP) is 4.11. The van der Waals surface area contributed by atoms with Crippen molar-refractivity contribution < 1.29 is 13.2 Å². The first kappa shape index (κ1) is 20.9. The van der Waals surface area contributed by atoms with Crippen LogP contribution in [0.25, 0.3) is 0 Å². The minimum atomic E-state index is -3.87. The topological polar surface area (TPSA) is 66.5 Å². The molecule has 160 valence electrons. The van der Waals surface area contributed by atoms with E-state index < -0.39 is 10.0 Å². The number of fused-ring (bicyclic) bond motifs is 2. The van der Waals surface area contributed by atoms with Gasteiger partial charge >= 0.3 is 0 Å². The molecule has 0 aliphatic heterocycles. The molecule has 30 heavy (non-hydrogen) atoms. The third-order valence-electron chi connectivity index (χ3n) is 6.76. The van der Waals surface area contributed by atoms with Gasteiger partial charge in [0.1, 0.15) is 6.54 Å². The Labute approximate surface area is 179 Å². The van der Waals surface area contributed by atoms with E-state index in [0.29, 0.717) is 17.5 Å². The van der Waals surface area contributed by atoms with E-state index in [1.54, 1.807) is 30.3 Å². The number of nitrogens with one attached hydrogen (secondary N) is 1. The number of benzene rings is 2. The second kappa shape index (κ2) is 8.06. The second-order valence-corrected chi connectivity index (χ2v) is 10.8. The molecular formula is C24H30N2O3S. The number of hydrogen-bond acceptors (Lipinski definition) is 3. The molecule has 0 heterocycles. The van der Waals surface area contributed by atoms with Crippen LogP contribution in [0.1, 0.15) is 42.4 Å². The molecule has 1 N–H and O–H groups in total. The lowest BCUT2D eigenvalue weighted by Gasteiger charge is -2.27. The van der Waals surface area contributed by atoms with Gasteiger partial charge in [-0.3, -0.25) is 9.10 Å². The molecule has 2 fully saturated rings. The number of amides is 1. The van der Waals surface area contributed by atoms with Gasteiger partial charge < -0.3 is 5.32 Å². The van der Waals surface area contributed by atoms with Crippen molar-refractivity contribution in [1.29, 1.82) is 0 Å². The summed E-state index contributed by atoms with van der Waals surface area (Å²) in [4.78, 5) is 13.1. The van der Waals surface area contributed by atoms with Crippen molar-refractivity contribution in [2.45, 2.75) is 57.4 Å². The van der Waals surface area contributed by atoms with E-state index in [1.165, 1.54) is 17.1 Å². The lowest BCUT2D eigenvalue weighted by molar-refractivity contribution is -0.120. The molecule has 2 aliphatic carbocycles. The monoisotopic (exact) mass is 426 g/mol. The smallest absolute Gasteiger partial charge is 0.264 e. The fourth-order valence-corrected chi connectivity index (χ4v) is 6.25. The Morgan fingerprint density at radius 3 is 2.33 bits per heavy atom. The summed E-state index contributed by atoms with van der Waals surface area (Å²) in [5.41, 5.74) is 3.57. The molecule has 0 aromatic heterocycles. The quantitative estimate of drug-likeness (QED) is 0.756. The van der Waals surface area contributed by atoms with Crippen molar-refractivity contribution in [1.82, 2.24) is 5.32 Å². The first-order chi connectivity index (χ1) is 14.2. The SMILES string of the molecule is Cc1ccc(S(=O)(=O)N(CC(=O)N[C@H]2C[C@@H]3CC[C@@H]2C3)c2ccc(C)c(C)c2)cc1. The minimum Gasteiger partial charge on any atom is -0.352 e. The summed E-state index contributed by atoms with van der Waals surface area (Å²) < 4.78 is 28.2. The first-order valence-corrected chi connectivity index (χ1v) is 12.1. The maximum Gasteiger partial charge on any atom is 0.264 e. The Balaban J connectivity index is 1.62. The van der Waals surface area contributed by atoms with Crippen LogP contribution >= 0.6 is 0 Å². The van der Waals surface area contributed by atoms with Crippen molar-refractivity contribution in [3.8, 4) is 0 Å². The van der Waals surface area contributed by atoms with Gasteiger partial charge in [-0.1, -0.05) is 30.2 Å². The maximum atomic E-state index is 13.5. The van der Waals surface area contributed by atoms with Crippen molar-refractivity contribution in [2.24, 2.45) is 11.8 Å². The molecule has 2 aliphatic rings. The Kier molecular flexibility index (Phi) is 5.62. The van der Waals surface area contributed by atoms with Crippen LogP contribution < -0.4 is 9.62 Å². The largest absolute Gasteiger partial charge is 0.352 e. The molecule has 2 saturated carbocycles. The van der Waals surface area contributed by atoms with Gasteiger partial charge in [-0.25, -0.2) is 8.42 Å². The Bertz CT molecular complexity index is 1050. The van der Waals surface area contributed by atoms with Crippen molar-refractivity contribution >= 4 is 21.6 Å². The highest BCUT2D eigenvalue weighted by Gasteiger charge is 2.40. The van der Waals surface area contributed by atoms with Gasteiger partial charge in [0.05, 0.1) is 10.6 Å². The fourth-order valence-electron chi connectivity index (χ4n) is 4.84. The van der Waals surface area contributed by atoms with Crippen molar-refractivity contribution in [3.63, 3.8) is 0 Å². The summed E-state index contributed by atoms with van der Waals surface area (Å²) in [6, 6.07) is 12.5. The zero-order chi connectivity index (χ0) is 21.5. The normalized spacial score (nSPS) is 22.8. The first-order valence-electron chi connectivity index (χ1n) is 10.7. The molecule has 1 amide bonds. The molecule has 0 unspecified atom stereocenters. The summed E-state index contributed by atoms with van der Waals surface area (Å²) in [5, 5.41) is 3.12. The number of sulfonamides is 1.